The molecule has 0 radical (unpaired) electrons. The monoisotopic (exact) mass is 378 g/mol. The summed E-state index contributed by atoms with van der Waals surface area (Å²) in [4.78, 5) is 12.0. The van der Waals surface area contributed by atoms with E-state index in [4.69, 9.17) is 0 Å². The molecule has 5 unspecified atom stereocenters. The first kappa shape index (κ1) is 16.5. The summed E-state index contributed by atoms with van der Waals surface area (Å²) >= 11 is 0. The van der Waals surface area contributed by atoms with Gasteiger partial charge < -0.3 is 4.90 Å². The summed E-state index contributed by atoms with van der Waals surface area (Å²) in [6, 6.07) is 12.8. The molecule has 4 saturated carbocycles. The molecule has 0 aliphatic heterocycles. The van der Waals surface area contributed by atoms with Crippen molar-refractivity contribution in [3.8, 4) is 0 Å². The van der Waals surface area contributed by atoms with Crippen LogP contribution in [0.5, 0.6) is 0 Å². The van der Waals surface area contributed by atoms with Crippen LogP contribution in [0.25, 0.3) is 0 Å². The lowest BCUT2D eigenvalue weighted by atomic mass is 9.31. The van der Waals surface area contributed by atoms with Gasteiger partial charge in [-0.25, -0.2) is 0 Å². The Morgan fingerprint density at radius 3 is 2.43 bits per heavy atom. The van der Waals surface area contributed by atoms with E-state index in [1.54, 1.807) is 6.07 Å². The molecule has 2 aromatic carbocycles. The van der Waals surface area contributed by atoms with E-state index in [0.29, 0.717) is 16.5 Å². The van der Waals surface area contributed by atoms with E-state index in [0.717, 1.165) is 23.4 Å². The van der Waals surface area contributed by atoms with Crippen molar-refractivity contribution in [2.45, 2.75) is 37.5 Å². The molecule has 5 atom stereocenters. The molecule has 0 saturated heterocycles. The van der Waals surface area contributed by atoms with E-state index in [1.807, 2.05) is 11.9 Å². The van der Waals surface area contributed by atoms with Crippen LogP contribution in [0.1, 0.15) is 37.7 Å². The summed E-state index contributed by atoms with van der Waals surface area (Å²) in [6.07, 6.45) is 7.10. The van der Waals surface area contributed by atoms with Crippen molar-refractivity contribution in [1.82, 2.24) is 0 Å². The molecule has 144 valence electrons. The van der Waals surface area contributed by atoms with E-state index < -0.39 is 16.4 Å². The highest BCUT2D eigenvalue weighted by molar-refractivity contribution is 5.64. The second-order valence-corrected chi connectivity index (χ2v) is 9.46. The highest BCUT2D eigenvalue weighted by Crippen LogP contribution is 2.86. The predicted molar refractivity (Wildman–Crippen MR) is 105 cm³/mol. The number of nitro benzene ring substituents is 1. The van der Waals surface area contributed by atoms with Gasteiger partial charge in [-0.1, -0.05) is 12.1 Å². The maximum Gasteiger partial charge on any atom is 0.304 e. The van der Waals surface area contributed by atoms with Gasteiger partial charge in [-0.15, -0.1) is 0 Å². The minimum atomic E-state index is -0.803. The average Bonchev–Trinajstić information content (AvgIpc) is 3.16. The van der Waals surface area contributed by atoms with Crippen LogP contribution in [0, 0.1) is 39.1 Å². The van der Waals surface area contributed by atoms with Gasteiger partial charge in [-0.3, -0.25) is 10.1 Å². The predicted octanol–water partition coefficient (Wildman–Crippen LogP) is 5.58. The second-order valence-electron chi connectivity index (χ2n) is 9.46. The zero-order valence-corrected chi connectivity index (χ0v) is 15.9. The van der Waals surface area contributed by atoms with Crippen molar-refractivity contribution in [3.05, 3.63) is 64.0 Å². The molecule has 28 heavy (non-hydrogen) atoms. The Bertz CT molecular complexity index is 1010. The molecular formula is C23H23FN2O2. The lowest BCUT2D eigenvalue weighted by Crippen LogP contribution is -2.68. The Morgan fingerprint density at radius 2 is 1.79 bits per heavy atom. The summed E-state index contributed by atoms with van der Waals surface area (Å²) in [6.45, 7) is 0. The van der Waals surface area contributed by atoms with Crippen molar-refractivity contribution in [1.29, 1.82) is 0 Å². The smallest absolute Gasteiger partial charge is 0.304 e. The fraction of sp³-hybridized carbons (Fsp3) is 0.478. The van der Waals surface area contributed by atoms with Gasteiger partial charge in [-0.05, 0) is 79.0 Å². The summed E-state index contributed by atoms with van der Waals surface area (Å²) in [7, 11) is 1.87. The van der Waals surface area contributed by atoms with Crippen LogP contribution < -0.4 is 4.90 Å². The third-order valence-electron chi connectivity index (χ3n) is 8.72. The van der Waals surface area contributed by atoms with Crippen molar-refractivity contribution >= 4 is 17.1 Å². The Morgan fingerprint density at radius 1 is 1.04 bits per heavy atom. The summed E-state index contributed by atoms with van der Waals surface area (Å²) in [5, 5.41) is 10.8. The molecular weight excluding hydrogens is 355 g/mol. The lowest BCUT2D eigenvalue weighted by Gasteiger charge is -2.73. The van der Waals surface area contributed by atoms with Crippen LogP contribution in [0.3, 0.4) is 0 Å². The van der Waals surface area contributed by atoms with Gasteiger partial charge in [0.1, 0.15) is 0 Å². The third-order valence-corrected chi connectivity index (χ3v) is 8.72. The molecule has 6 rings (SSSR count). The molecule has 2 aromatic rings. The number of fused-ring (bicyclic) bond motifs is 1. The molecule has 2 bridgehead atoms. The van der Waals surface area contributed by atoms with Crippen LogP contribution in [0.2, 0.25) is 0 Å². The molecule has 1 spiro atoms. The summed E-state index contributed by atoms with van der Waals surface area (Å²) in [5.41, 5.74) is 3.61. The zero-order chi connectivity index (χ0) is 19.3. The maximum absolute atomic E-state index is 14.0. The maximum atomic E-state index is 14.0. The standard InChI is InChI=1S/C23H23FN2O2/c1-25(19-6-7-21(26(27)28)20(24)10-19)18-4-2-15(3-5-18)22-11-14-8-16-9-17(13-22)23(16,22)12-14/h2-7,10,14,16-17H,8-9,11-13H2,1H3. The van der Waals surface area contributed by atoms with E-state index in [9.17, 15) is 14.5 Å². The number of anilines is 2. The first-order valence-electron chi connectivity index (χ1n) is 10.2. The van der Waals surface area contributed by atoms with Gasteiger partial charge in [0, 0.05) is 36.0 Å². The topological polar surface area (TPSA) is 46.4 Å². The summed E-state index contributed by atoms with van der Waals surface area (Å²) < 4.78 is 14.0. The Hall–Kier alpha value is -2.43. The van der Waals surface area contributed by atoms with Gasteiger partial charge in [0.25, 0.3) is 0 Å². The Kier molecular flexibility index (Phi) is 3.03. The molecule has 4 aliphatic carbocycles. The van der Waals surface area contributed by atoms with Crippen LogP contribution in [0.4, 0.5) is 21.5 Å². The van der Waals surface area contributed by atoms with E-state index >= 15 is 0 Å². The van der Waals surface area contributed by atoms with Crippen LogP contribution in [-0.2, 0) is 5.41 Å². The number of hydrogen-bond donors (Lipinski definition) is 0. The number of benzene rings is 2. The molecule has 4 nitrogen and oxygen atoms in total. The first-order chi connectivity index (χ1) is 13.4. The average molecular weight is 378 g/mol. The molecule has 5 heteroatoms. The minimum absolute atomic E-state index is 0.417. The fourth-order valence-electron chi connectivity index (χ4n) is 7.69. The van der Waals surface area contributed by atoms with Gasteiger partial charge in [0.2, 0.25) is 5.82 Å². The Balaban J connectivity index is 1.29. The molecule has 0 heterocycles. The van der Waals surface area contributed by atoms with Crippen LogP contribution in [-0.4, -0.2) is 12.0 Å². The van der Waals surface area contributed by atoms with Crippen molar-refractivity contribution in [2.24, 2.45) is 23.2 Å². The van der Waals surface area contributed by atoms with E-state index in [2.05, 4.69) is 24.3 Å². The molecule has 4 aliphatic rings. The van der Waals surface area contributed by atoms with Crippen LogP contribution in [0.15, 0.2) is 42.5 Å². The van der Waals surface area contributed by atoms with Gasteiger partial charge >= 0.3 is 5.69 Å². The van der Waals surface area contributed by atoms with Gasteiger partial charge in [0.15, 0.2) is 0 Å². The van der Waals surface area contributed by atoms with Gasteiger partial charge in [0.05, 0.1) is 4.92 Å². The van der Waals surface area contributed by atoms with Gasteiger partial charge in [-0.2, -0.15) is 4.39 Å². The fourth-order valence-corrected chi connectivity index (χ4v) is 7.69. The van der Waals surface area contributed by atoms with E-state index in [1.165, 1.54) is 49.8 Å². The SMILES string of the molecule is CN(c1ccc(C23CC4CC5CC(C2)C53C4)cc1)c1ccc([N+](=O)[O-])c(F)c1. The van der Waals surface area contributed by atoms with Crippen LogP contribution >= 0.6 is 0 Å². The van der Waals surface area contributed by atoms with E-state index in [-0.39, 0.29) is 0 Å². The normalized spacial score (nSPS) is 36.4. The van der Waals surface area contributed by atoms with Crippen molar-refractivity contribution in [2.75, 3.05) is 11.9 Å². The number of hydrogen-bond acceptors (Lipinski definition) is 3. The highest BCUT2D eigenvalue weighted by atomic mass is 19.1. The second kappa shape index (κ2) is 5.13. The number of nitro groups is 1. The summed E-state index contributed by atoms with van der Waals surface area (Å²) in [5.74, 6) is 2.07. The van der Waals surface area contributed by atoms with Crippen molar-refractivity contribution < 1.29 is 9.31 Å². The molecule has 4 fully saturated rings. The number of rotatable bonds is 4. The third kappa shape index (κ3) is 1.76. The number of nitrogens with zero attached hydrogens (tertiary/aromatic N) is 2. The quantitative estimate of drug-likeness (QED) is 0.515. The lowest BCUT2D eigenvalue weighted by molar-refractivity contribution is -0.387. The number of halogens is 1. The van der Waals surface area contributed by atoms with Crippen molar-refractivity contribution in [3.63, 3.8) is 0 Å². The minimum Gasteiger partial charge on any atom is -0.345 e. The first-order valence-corrected chi connectivity index (χ1v) is 10.2. The highest BCUT2D eigenvalue weighted by Gasteiger charge is 2.80. The molecule has 0 N–H and O–H groups in total. The largest absolute Gasteiger partial charge is 0.345 e. The zero-order valence-electron chi connectivity index (χ0n) is 15.9. The Labute approximate surface area is 163 Å². The molecule has 0 aromatic heterocycles. The molecule has 0 amide bonds.